The molecule has 0 bridgehead atoms. The van der Waals surface area contributed by atoms with Crippen LogP contribution in [0.5, 0.6) is 0 Å². The average molecular weight is 409 g/mol. The van der Waals surface area contributed by atoms with Crippen LogP contribution in [-0.4, -0.2) is 60.7 Å². The molecule has 1 unspecified atom stereocenters. The van der Waals surface area contributed by atoms with Crippen LogP contribution >= 0.6 is 0 Å². The second-order valence-corrected chi connectivity index (χ2v) is 8.23. The minimum absolute atomic E-state index is 0.00892. The highest BCUT2D eigenvalue weighted by molar-refractivity contribution is 5.97. The van der Waals surface area contributed by atoms with Gasteiger partial charge < -0.3 is 14.5 Å². The van der Waals surface area contributed by atoms with E-state index in [9.17, 15) is 9.59 Å². The maximum absolute atomic E-state index is 13.1. The van der Waals surface area contributed by atoms with Gasteiger partial charge in [-0.2, -0.15) is 0 Å². The van der Waals surface area contributed by atoms with E-state index in [1.807, 2.05) is 50.1 Å². The van der Waals surface area contributed by atoms with Crippen molar-refractivity contribution in [2.45, 2.75) is 33.7 Å². The van der Waals surface area contributed by atoms with Crippen molar-refractivity contribution < 1.29 is 14.3 Å². The molecule has 2 aliphatic heterocycles. The van der Waals surface area contributed by atoms with Gasteiger partial charge in [0.2, 0.25) is 0 Å². The lowest BCUT2D eigenvalue weighted by Gasteiger charge is -2.36. The fourth-order valence-corrected chi connectivity index (χ4v) is 4.24. The summed E-state index contributed by atoms with van der Waals surface area (Å²) in [7, 11) is 0. The number of cyclic esters (lactones) is 1. The first kappa shape index (κ1) is 20.2. The van der Waals surface area contributed by atoms with Crippen molar-refractivity contribution in [2.24, 2.45) is 0 Å². The lowest BCUT2D eigenvalue weighted by atomic mass is 10.0. The molecule has 2 amide bonds. The van der Waals surface area contributed by atoms with E-state index in [-0.39, 0.29) is 18.0 Å². The van der Waals surface area contributed by atoms with E-state index in [0.717, 1.165) is 41.3 Å². The van der Waals surface area contributed by atoms with Gasteiger partial charge in [0.15, 0.2) is 0 Å². The third-order valence-corrected chi connectivity index (χ3v) is 5.86. The Labute approximate surface area is 177 Å². The summed E-state index contributed by atoms with van der Waals surface area (Å²) in [5, 5.41) is 0. The quantitative estimate of drug-likeness (QED) is 0.780. The fourth-order valence-electron chi connectivity index (χ4n) is 4.24. The number of rotatable bonds is 3. The first-order valence-electron chi connectivity index (χ1n) is 10.4. The van der Waals surface area contributed by atoms with Gasteiger partial charge >= 0.3 is 6.09 Å². The molecule has 0 spiro atoms. The number of benzene rings is 1. The molecule has 2 fully saturated rings. The van der Waals surface area contributed by atoms with Gasteiger partial charge in [0.1, 0.15) is 12.4 Å². The van der Waals surface area contributed by atoms with Gasteiger partial charge in [-0.3, -0.25) is 9.69 Å². The van der Waals surface area contributed by atoms with Crippen molar-refractivity contribution in [3.63, 3.8) is 0 Å². The molecule has 4 rings (SSSR count). The summed E-state index contributed by atoms with van der Waals surface area (Å²) in [5.74, 6) is 1.03. The zero-order valence-electron chi connectivity index (χ0n) is 18.0. The van der Waals surface area contributed by atoms with Gasteiger partial charge in [-0.25, -0.2) is 9.78 Å². The van der Waals surface area contributed by atoms with Crippen LogP contribution < -0.4 is 9.80 Å². The normalized spacial score (nSPS) is 19.3. The number of hydrogen-bond donors (Lipinski definition) is 0. The molecule has 2 saturated heterocycles. The van der Waals surface area contributed by atoms with Crippen molar-refractivity contribution in [1.29, 1.82) is 0 Å². The highest BCUT2D eigenvalue weighted by Gasteiger charge is 2.31. The van der Waals surface area contributed by atoms with Crippen LogP contribution in [0.25, 0.3) is 0 Å². The number of amides is 2. The molecule has 7 heteroatoms. The van der Waals surface area contributed by atoms with Crippen LogP contribution in [0, 0.1) is 20.8 Å². The zero-order chi connectivity index (χ0) is 21.4. The highest BCUT2D eigenvalue weighted by Crippen LogP contribution is 2.26. The molecule has 7 nitrogen and oxygen atoms in total. The molecule has 1 aromatic heterocycles. The topological polar surface area (TPSA) is 66.0 Å². The van der Waals surface area contributed by atoms with E-state index >= 15 is 0 Å². The second-order valence-electron chi connectivity index (χ2n) is 8.23. The Bertz CT molecular complexity index is 982. The molecular formula is C23H28N4O3. The Kier molecular flexibility index (Phi) is 5.37. The van der Waals surface area contributed by atoms with Crippen molar-refractivity contribution in [1.82, 2.24) is 9.88 Å². The number of carbonyl (C=O) groups is 2. The van der Waals surface area contributed by atoms with Gasteiger partial charge in [0.25, 0.3) is 5.91 Å². The average Bonchev–Trinajstić information content (AvgIpc) is 3.06. The third kappa shape index (κ3) is 3.72. The molecule has 30 heavy (non-hydrogen) atoms. The van der Waals surface area contributed by atoms with Gasteiger partial charge in [0, 0.05) is 43.6 Å². The number of hydrogen-bond acceptors (Lipinski definition) is 5. The van der Waals surface area contributed by atoms with Crippen molar-refractivity contribution >= 4 is 23.5 Å². The first-order valence-corrected chi connectivity index (χ1v) is 10.4. The molecule has 1 aromatic carbocycles. The number of aromatic nitrogens is 1. The Morgan fingerprint density at radius 1 is 1.07 bits per heavy atom. The maximum Gasteiger partial charge on any atom is 0.414 e. The van der Waals surface area contributed by atoms with E-state index in [1.54, 1.807) is 4.90 Å². The minimum atomic E-state index is -0.336. The van der Waals surface area contributed by atoms with Crippen LogP contribution in [-0.2, 0) is 4.74 Å². The number of pyridine rings is 1. The lowest BCUT2D eigenvalue weighted by molar-refractivity contribution is 0.0746. The third-order valence-electron chi connectivity index (χ3n) is 5.86. The van der Waals surface area contributed by atoms with Crippen LogP contribution in [0.3, 0.4) is 0 Å². The van der Waals surface area contributed by atoms with Crippen LogP contribution in [0.2, 0.25) is 0 Å². The monoisotopic (exact) mass is 408 g/mol. The molecule has 1 atom stereocenters. The van der Waals surface area contributed by atoms with Crippen molar-refractivity contribution in [2.75, 3.05) is 42.6 Å². The molecule has 2 aliphatic rings. The number of piperazine rings is 1. The van der Waals surface area contributed by atoms with Crippen molar-refractivity contribution in [3.8, 4) is 0 Å². The van der Waals surface area contributed by atoms with Gasteiger partial charge in [-0.05, 0) is 62.6 Å². The van der Waals surface area contributed by atoms with E-state index in [4.69, 9.17) is 4.74 Å². The predicted molar refractivity (Wildman–Crippen MR) is 116 cm³/mol. The largest absolute Gasteiger partial charge is 0.447 e. The summed E-state index contributed by atoms with van der Waals surface area (Å²) < 4.78 is 5.11. The Balaban J connectivity index is 1.45. The molecule has 0 saturated carbocycles. The minimum Gasteiger partial charge on any atom is -0.447 e. The molecule has 3 heterocycles. The summed E-state index contributed by atoms with van der Waals surface area (Å²) in [5.41, 5.74) is 4.63. The SMILES string of the molecule is Cc1cnc(N2CCN(C(=O)c3ccc(N4C(=O)OCC4C)cc3C)CC2)c(C)c1. The van der Waals surface area contributed by atoms with Crippen LogP contribution in [0.4, 0.5) is 16.3 Å². The first-order chi connectivity index (χ1) is 14.3. The summed E-state index contributed by atoms with van der Waals surface area (Å²) in [6.07, 6.45) is 1.55. The highest BCUT2D eigenvalue weighted by atomic mass is 16.6. The van der Waals surface area contributed by atoms with E-state index in [0.29, 0.717) is 25.3 Å². The van der Waals surface area contributed by atoms with Gasteiger partial charge in [0.05, 0.1) is 6.04 Å². The summed E-state index contributed by atoms with van der Waals surface area (Å²) in [4.78, 5) is 35.5. The van der Waals surface area contributed by atoms with Gasteiger partial charge in [-0.15, -0.1) is 0 Å². The summed E-state index contributed by atoms with van der Waals surface area (Å²) in [6, 6.07) is 7.68. The second kappa shape index (κ2) is 7.97. The molecule has 158 valence electrons. The predicted octanol–water partition coefficient (Wildman–Crippen LogP) is 3.31. The molecule has 0 N–H and O–H groups in total. The van der Waals surface area contributed by atoms with Crippen molar-refractivity contribution in [3.05, 3.63) is 52.7 Å². The molecule has 0 aliphatic carbocycles. The Morgan fingerprint density at radius 2 is 1.80 bits per heavy atom. The van der Waals surface area contributed by atoms with Crippen LogP contribution in [0.15, 0.2) is 30.5 Å². The number of aryl methyl sites for hydroxylation is 3. The number of anilines is 2. The summed E-state index contributed by atoms with van der Waals surface area (Å²) >= 11 is 0. The lowest BCUT2D eigenvalue weighted by Crippen LogP contribution is -2.49. The summed E-state index contributed by atoms with van der Waals surface area (Å²) in [6.45, 7) is 11.2. The zero-order valence-corrected chi connectivity index (χ0v) is 18.0. The van der Waals surface area contributed by atoms with E-state index < -0.39 is 0 Å². The Morgan fingerprint density at radius 3 is 2.40 bits per heavy atom. The number of carbonyl (C=O) groups excluding carboxylic acids is 2. The number of ether oxygens (including phenoxy) is 1. The standard InChI is InChI=1S/C23H28N4O3/c1-15-11-17(3)21(24-13-15)25-7-9-26(10-8-25)22(28)20-6-5-19(12-16(20)2)27-18(4)14-30-23(27)29/h5-6,11-13,18H,7-10,14H2,1-4H3. The Hall–Kier alpha value is -3.09. The number of nitrogens with zero attached hydrogens (tertiary/aromatic N) is 4. The maximum atomic E-state index is 13.1. The van der Waals surface area contributed by atoms with Gasteiger partial charge in [-0.1, -0.05) is 6.07 Å². The molecule has 2 aromatic rings. The van der Waals surface area contributed by atoms with E-state index in [2.05, 4.69) is 22.9 Å². The molecular weight excluding hydrogens is 380 g/mol. The smallest absolute Gasteiger partial charge is 0.414 e. The van der Waals surface area contributed by atoms with Crippen LogP contribution in [0.1, 0.15) is 34.0 Å². The fraction of sp³-hybridized carbons (Fsp3) is 0.435. The molecule has 0 radical (unpaired) electrons. The van der Waals surface area contributed by atoms with E-state index in [1.165, 1.54) is 0 Å².